The second kappa shape index (κ2) is 30.5. The van der Waals surface area contributed by atoms with Crippen molar-refractivity contribution in [1.82, 2.24) is 47.4 Å². The van der Waals surface area contributed by atoms with E-state index >= 15 is 0 Å². The first-order valence-corrected chi connectivity index (χ1v) is 24.9. The molecule has 26 nitrogen and oxygen atoms in total. The van der Waals surface area contributed by atoms with Crippen LogP contribution >= 0.6 is 11.8 Å². The van der Waals surface area contributed by atoms with Gasteiger partial charge in [-0.1, -0.05) is 60.5 Å². The minimum atomic E-state index is -1.58. The van der Waals surface area contributed by atoms with E-state index in [0.29, 0.717) is 12.2 Å². The number of amides is 10. The molecule has 1 aliphatic heterocycles. The number of nitrogens with two attached hydrogens (primary N) is 1. The van der Waals surface area contributed by atoms with Crippen LogP contribution in [-0.4, -0.2) is 166 Å². The van der Waals surface area contributed by atoms with Crippen LogP contribution in [0, 0.1) is 23.7 Å². The average Bonchev–Trinajstić information content (AvgIpc) is 3.77. The molecule has 0 aromatic carbocycles. The van der Waals surface area contributed by atoms with Crippen molar-refractivity contribution >= 4 is 76.8 Å². The number of aliphatic hydroxyl groups is 1. The Balaban J connectivity index is 3.26. The van der Waals surface area contributed by atoms with Gasteiger partial charge in [-0.15, -0.1) is 0 Å². The highest BCUT2D eigenvalue weighted by Gasteiger charge is 2.41. The van der Waals surface area contributed by atoms with Crippen molar-refractivity contribution in [1.29, 1.82) is 0 Å². The van der Waals surface area contributed by atoms with Gasteiger partial charge in [-0.2, -0.15) is 11.8 Å². The molecule has 1 aliphatic rings. The molecule has 1 rings (SSSR count). The van der Waals surface area contributed by atoms with Crippen molar-refractivity contribution < 1.29 is 63.0 Å². The summed E-state index contributed by atoms with van der Waals surface area (Å²) in [7, 11) is 0. The molecule has 0 saturated carbocycles. The van der Waals surface area contributed by atoms with Gasteiger partial charge < -0.3 is 63.4 Å². The number of primary amides is 1. The molecule has 1 saturated heterocycles. The van der Waals surface area contributed by atoms with Gasteiger partial charge in [0.2, 0.25) is 59.1 Å². The number of carbonyl (C=O) groups is 11. The van der Waals surface area contributed by atoms with Gasteiger partial charge in [-0.05, 0) is 80.7 Å². The number of rotatable bonds is 30. The molecule has 12 N–H and O–H groups in total. The van der Waals surface area contributed by atoms with Crippen LogP contribution in [0.4, 0.5) is 0 Å². The number of hydrogen-bond acceptors (Lipinski definition) is 14. The van der Waals surface area contributed by atoms with Gasteiger partial charge in [0.1, 0.15) is 60.9 Å². The quantitative estimate of drug-likeness (QED) is 0.0217. The summed E-state index contributed by atoms with van der Waals surface area (Å²) in [5.41, 5.74) is 13.8. The number of thioether (sulfide) groups is 1. The standard InChI is InChI=1S/C44H75N13O13S/c1-20(2)17-27(51-38(63)28(18-30(45)59)49-31(60)19-47-56-46)39(64)53-33(22(5)6)43(68)57-15-12-13-29(57)40(65)50-26(14-16-71-11)37(62)52-32(21(3)4)41(66)48-24(9)36(61)55-35(25(10)58)42(67)54-34(23(7)8)44(69)70/h20-29,32-35,58H,12-19H2,1-11H3,(H2,45,59)(H,48,66)(H,49,60)(H,50,65)(H,51,63)(H,52,62)(H,53,64)(H,54,67)(H,55,61)(H,69,70)/t24-,25+,26-,27-,28-,29-,32-,33-,34-,35-/m0/s1. The van der Waals surface area contributed by atoms with Gasteiger partial charge >= 0.3 is 5.97 Å². The normalized spacial score (nSPS) is 17.2. The third-order valence-corrected chi connectivity index (χ3v) is 11.9. The topological polar surface area (TPSA) is 402 Å². The minimum Gasteiger partial charge on any atom is -0.480 e. The number of aliphatic hydroxyl groups excluding tert-OH is 1. The number of carbonyl (C=O) groups excluding carboxylic acids is 10. The lowest BCUT2D eigenvalue weighted by Crippen LogP contribution is -2.61. The van der Waals surface area contributed by atoms with Crippen molar-refractivity contribution in [3.05, 3.63) is 10.4 Å². The third-order valence-electron chi connectivity index (χ3n) is 11.3. The number of carboxylic acids is 1. The molecule has 0 aromatic heterocycles. The van der Waals surface area contributed by atoms with Crippen LogP contribution in [0.25, 0.3) is 10.4 Å². The molecule has 0 radical (unpaired) electrons. The zero-order chi connectivity index (χ0) is 54.4. The maximum absolute atomic E-state index is 14.3. The van der Waals surface area contributed by atoms with Gasteiger partial charge in [0, 0.05) is 11.5 Å². The SMILES string of the molecule is CSCC[C@H](NC(=O)[C@@H]1CCCN1C(=O)[C@@H](NC(=O)[C@H](CC(C)C)NC(=O)[C@H](CC(N)=O)NC(=O)CN=[N+]=[N-])C(C)C)C(=O)N[C@H](C(=O)N[C@@H](C)C(=O)N[C@H](C(=O)N[C@H](C(=O)O)C(C)C)[C@@H](C)O)C(C)C. The summed E-state index contributed by atoms with van der Waals surface area (Å²) in [5, 5.41) is 42.9. The third kappa shape index (κ3) is 21.0. The van der Waals surface area contributed by atoms with E-state index in [1.807, 2.05) is 0 Å². The Labute approximate surface area is 418 Å². The molecule has 10 amide bonds. The fourth-order valence-corrected chi connectivity index (χ4v) is 7.81. The van der Waals surface area contributed by atoms with E-state index in [0.717, 1.165) is 0 Å². The predicted octanol–water partition coefficient (Wildman–Crippen LogP) is -1.71. The molecule has 71 heavy (non-hydrogen) atoms. The van der Waals surface area contributed by atoms with Crippen molar-refractivity contribution in [2.24, 2.45) is 34.5 Å². The van der Waals surface area contributed by atoms with Crippen LogP contribution in [0.15, 0.2) is 5.11 Å². The van der Waals surface area contributed by atoms with Gasteiger partial charge in [-0.25, -0.2) is 4.79 Å². The predicted molar refractivity (Wildman–Crippen MR) is 260 cm³/mol. The zero-order valence-corrected chi connectivity index (χ0v) is 43.2. The molecule has 1 heterocycles. The molecular formula is C44H75N13O13S. The molecule has 0 bridgehead atoms. The summed E-state index contributed by atoms with van der Waals surface area (Å²) in [4.78, 5) is 149. The van der Waals surface area contributed by atoms with Gasteiger partial charge in [0.15, 0.2) is 0 Å². The smallest absolute Gasteiger partial charge is 0.326 e. The number of nitrogens with one attached hydrogen (secondary N) is 8. The first-order valence-electron chi connectivity index (χ1n) is 23.5. The summed E-state index contributed by atoms with van der Waals surface area (Å²) >= 11 is 1.39. The summed E-state index contributed by atoms with van der Waals surface area (Å²) < 4.78 is 0. The van der Waals surface area contributed by atoms with Crippen molar-refractivity contribution in [3.8, 4) is 0 Å². The Hall–Kier alpha value is -6.21. The van der Waals surface area contributed by atoms with Crippen molar-refractivity contribution in [3.63, 3.8) is 0 Å². The summed E-state index contributed by atoms with van der Waals surface area (Å²) in [5.74, 6) is -10.9. The molecule has 27 heteroatoms. The molecule has 0 spiro atoms. The second-order valence-electron chi connectivity index (χ2n) is 18.9. The van der Waals surface area contributed by atoms with E-state index in [-0.39, 0.29) is 31.7 Å². The average molecular weight is 1030 g/mol. The Kier molecular flexibility index (Phi) is 27.0. The van der Waals surface area contributed by atoms with Crippen molar-refractivity contribution in [2.45, 2.75) is 162 Å². The number of aliphatic carboxylic acids is 1. The summed E-state index contributed by atoms with van der Waals surface area (Å²) in [6.45, 7) is 15.2. The van der Waals surface area contributed by atoms with E-state index < -0.39 is 156 Å². The molecule has 1 fully saturated rings. The van der Waals surface area contributed by atoms with E-state index in [2.05, 4.69) is 52.6 Å². The van der Waals surface area contributed by atoms with Crippen LogP contribution in [0.1, 0.15) is 101 Å². The largest absolute Gasteiger partial charge is 0.480 e. The Bertz CT molecular complexity index is 1960. The lowest BCUT2D eigenvalue weighted by atomic mass is 9.98. The lowest BCUT2D eigenvalue weighted by Gasteiger charge is -2.32. The number of nitrogens with zero attached hydrogens (tertiary/aromatic N) is 4. The van der Waals surface area contributed by atoms with Crippen molar-refractivity contribution in [2.75, 3.05) is 25.1 Å². The van der Waals surface area contributed by atoms with E-state index in [4.69, 9.17) is 11.3 Å². The Morgan fingerprint density at radius 2 is 1.20 bits per heavy atom. The Morgan fingerprint density at radius 1 is 0.676 bits per heavy atom. The zero-order valence-electron chi connectivity index (χ0n) is 42.4. The highest BCUT2D eigenvalue weighted by atomic mass is 32.2. The molecule has 0 unspecified atom stereocenters. The molecule has 0 aromatic rings. The molecule has 400 valence electrons. The van der Waals surface area contributed by atoms with Crippen LogP contribution < -0.4 is 48.3 Å². The number of likely N-dealkylation sites (tertiary alicyclic amines) is 1. The van der Waals surface area contributed by atoms with Crippen LogP contribution in [-0.2, 0) is 52.7 Å². The first-order chi connectivity index (χ1) is 33.1. The number of azide groups is 1. The van der Waals surface area contributed by atoms with E-state index in [9.17, 15) is 63.0 Å². The maximum atomic E-state index is 14.3. The van der Waals surface area contributed by atoms with Crippen LogP contribution in [0.2, 0.25) is 0 Å². The molecular weight excluding hydrogens is 951 g/mol. The summed E-state index contributed by atoms with van der Waals surface area (Å²) in [6, 6.07) is -11.7. The summed E-state index contributed by atoms with van der Waals surface area (Å²) in [6.07, 6.45) is 0.464. The lowest BCUT2D eigenvalue weighted by molar-refractivity contribution is -0.144. The van der Waals surface area contributed by atoms with Gasteiger partial charge in [-0.3, -0.25) is 47.9 Å². The maximum Gasteiger partial charge on any atom is 0.326 e. The van der Waals surface area contributed by atoms with Gasteiger partial charge in [0.05, 0.1) is 12.5 Å². The highest BCUT2D eigenvalue weighted by Crippen LogP contribution is 2.22. The second-order valence-corrected chi connectivity index (χ2v) is 19.9. The van der Waals surface area contributed by atoms with Gasteiger partial charge in [0.25, 0.3) is 0 Å². The number of hydrogen-bond donors (Lipinski definition) is 11. The molecule has 0 aliphatic carbocycles. The fourth-order valence-electron chi connectivity index (χ4n) is 7.34. The van der Waals surface area contributed by atoms with Crippen LogP contribution in [0.5, 0.6) is 0 Å². The van der Waals surface area contributed by atoms with E-state index in [1.54, 1.807) is 61.6 Å². The minimum absolute atomic E-state index is 0.0650. The molecule has 10 atom stereocenters. The van der Waals surface area contributed by atoms with E-state index in [1.165, 1.54) is 30.5 Å². The first kappa shape index (κ1) is 62.8. The monoisotopic (exact) mass is 1030 g/mol. The van der Waals surface area contributed by atoms with Crippen LogP contribution in [0.3, 0.4) is 0 Å². The fraction of sp³-hybridized carbons (Fsp3) is 0.750. The highest BCUT2D eigenvalue weighted by molar-refractivity contribution is 7.98. The Morgan fingerprint density at radius 3 is 1.70 bits per heavy atom. The number of carboxylic acid groups (broad SMARTS) is 1.